The van der Waals surface area contributed by atoms with E-state index in [-0.39, 0.29) is 5.91 Å². The molecule has 2 amide bonds. The van der Waals surface area contributed by atoms with Crippen LogP contribution in [0.1, 0.15) is 28.4 Å². The number of ether oxygens (including phenoxy) is 1. The van der Waals surface area contributed by atoms with Crippen LogP contribution >= 0.6 is 11.6 Å². The molecule has 1 atom stereocenters. The van der Waals surface area contributed by atoms with Crippen molar-refractivity contribution in [3.63, 3.8) is 0 Å². The Labute approximate surface area is 174 Å². The van der Waals surface area contributed by atoms with E-state index in [1.165, 1.54) is 0 Å². The Hall–Kier alpha value is -3.31. The van der Waals surface area contributed by atoms with Crippen molar-refractivity contribution in [2.24, 2.45) is 5.73 Å². The summed E-state index contributed by atoms with van der Waals surface area (Å²) in [5, 5.41) is 3.37. The molecule has 0 spiro atoms. The maximum absolute atomic E-state index is 12.5. The van der Waals surface area contributed by atoms with Crippen LogP contribution in [0.5, 0.6) is 5.75 Å². The average Bonchev–Trinajstić information content (AvgIpc) is 2.71. The molecule has 0 heterocycles. The fraction of sp³-hybridized carbons (Fsp3) is 0.130. The molecule has 148 valence electrons. The number of halogens is 1. The van der Waals surface area contributed by atoms with Gasteiger partial charge in [0.15, 0.2) is 6.10 Å². The molecule has 0 unspecified atom stereocenters. The molecule has 3 rings (SSSR count). The molecule has 0 fully saturated rings. The second-order valence-corrected chi connectivity index (χ2v) is 7.04. The lowest BCUT2D eigenvalue weighted by Gasteiger charge is -2.18. The summed E-state index contributed by atoms with van der Waals surface area (Å²) in [6.07, 6.45) is -0.0962. The highest BCUT2D eigenvalue weighted by atomic mass is 35.5. The molecule has 3 aromatic rings. The minimum absolute atomic E-state index is 0.308. The summed E-state index contributed by atoms with van der Waals surface area (Å²) in [5.41, 5.74) is 8.16. The number of nitrogens with two attached hydrogens (primary N) is 1. The summed E-state index contributed by atoms with van der Waals surface area (Å²) >= 11 is 6.16. The maximum Gasteiger partial charge on any atom is 0.265 e. The first-order chi connectivity index (χ1) is 13.9. The number of carbonyl (C=O) groups excluding carboxylic acids is 2. The van der Waals surface area contributed by atoms with E-state index in [0.717, 1.165) is 11.1 Å². The number of primary amides is 1. The molecule has 0 saturated heterocycles. The molecular weight excluding hydrogens is 388 g/mol. The van der Waals surface area contributed by atoms with Crippen molar-refractivity contribution in [2.45, 2.75) is 19.4 Å². The predicted octanol–water partition coefficient (Wildman–Crippen LogP) is 4.44. The predicted molar refractivity (Wildman–Crippen MR) is 114 cm³/mol. The number of amides is 2. The topological polar surface area (TPSA) is 81.4 Å². The zero-order valence-electron chi connectivity index (χ0n) is 15.9. The van der Waals surface area contributed by atoms with Crippen LogP contribution in [-0.4, -0.2) is 17.9 Å². The first kappa shape index (κ1) is 20.4. The van der Waals surface area contributed by atoms with E-state index in [4.69, 9.17) is 22.1 Å². The number of carbonyl (C=O) groups is 2. The Balaban J connectivity index is 1.70. The first-order valence-corrected chi connectivity index (χ1v) is 9.50. The van der Waals surface area contributed by atoms with E-state index in [1.807, 2.05) is 36.4 Å². The molecule has 0 bridgehead atoms. The highest BCUT2D eigenvalue weighted by Crippen LogP contribution is 2.26. The van der Waals surface area contributed by atoms with Crippen molar-refractivity contribution in [1.82, 2.24) is 0 Å². The molecule has 0 aromatic heterocycles. The fourth-order valence-corrected chi connectivity index (χ4v) is 3.02. The summed E-state index contributed by atoms with van der Waals surface area (Å²) in [6.45, 7) is 1.67. The van der Waals surface area contributed by atoms with Gasteiger partial charge in [0.05, 0.1) is 0 Å². The van der Waals surface area contributed by atoms with Crippen LogP contribution < -0.4 is 15.8 Å². The maximum atomic E-state index is 12.5. The zero-order valence-corrected chi connectivity index (χ0v) is 16.6. The molecular formula is C23H21ClN2O3. The molecule has 3 N–H and O–H groups in total. The van der Waals surface area contributed by atoms with Crippen LogP contribution in [0.4, 0.5) is 5.69 Å². The van der Waals surface area contributed by atoms with Crippen molar-refractivity contribution >= 4 is 29.1 Å². The van der Waals surface area contributed by atoms with E-state index in [1.54, 1.807) is 43.3 Å². The monoisotopic (exact) mass is 408 g/mol. The minimum atomic E-state index is -0.735. The van der Waals surface area contributed by atoms with Gasteiger partial charge in [0.2, 0.25) is 5.91 Å². The number of benzene rings is 3. The summed E-state index contributed by atoms with van der Waals surface area (Å²) < 4.78 is 5.92. The SMILES string of the molecule is C[C@@H](Oc1ccc(Cl)cc1Cc1ccccc1)C(=O)Nc1ccc(C(N)=O)cc1. The van der Waals surface area contributed by atoms with Crippen LogP contribution in [0.25, 0.3) is 0 Å². The molecule has 0 radical (unpaired) electrons. The molecule has 29 heavy (non-hydrogen) atoms. The summed E-state index contributed by atoms with van der Waals surface area (Å²) in [5.74, 6) is -0.226. The highest BCUT2D eigenvalue weighted by molar-refractivity contribution is 6.30. The third kappa shape index (κ3) is 5.59. The molecule has 0 aliphatic heterocycles. The lowest BCUT2D eigenvalue weighted by Crippen LogP contribution is -2.30. The summed E-state index contributed by atoms with van der Waals surface area (Å²) in [6, 6.07) is 21.7. The van der Waals surface area contributed by atoms with Gasteiger partial charge >= 0.3 is 0 Å². The Morgan fingerprint density at radius 1 is 1.03 bits per heavy atom. The van der Waals surface area contributed by atoms with E-state index in [9.17, 15) is 9.59 Å². The van der Waals surface area contributed by atoms with Gasteiger partial charge in [-0.2, -0.15) is 0 Å². The van der Waals surface area contributed by atoms with Crippen LogP contribution in [0, 0.1) is 0 Å². The fourth-order valence-electron chi connectivity index (χ4n) is 2.82. The Morgan fingerprint density at radius 3 is 2.38 bits per heavy atom. The van der Waals surface area contributed by atoms with E-state index < -0.39 is 12.0 Å². The third-order valence-corrected chi connectivity index (χ3v) is 4.60. The first-order valence-electron chi connectivity index (χ1n) is 9.12. The molecule has 5 nitrogen and oxygen atoms in total. The number of anilines is 1. The van der Waals surface area contributed by atoms with Crippen LogP contribution in [0.2, 0.25) is 5.02 Å². The lowest BCUT2D eigenvalue weighted by molar-refractivity contribution is -0.122. The number of nitrogens with one attached hydrogen (secondary N) is 1. The van der Waals surface area contributed by atoms with Crippen molar-refractivity contribution in [1.29, 1.82) is 0 Å². The van der Waals surface area contributed by atoms with E-state index in [2.05, 4.69) is 5.32 Å². The number of rotatable bonds is 7. The normalized spacial score (nSPS) is 11.5. The van der Waals surface area contributed by atoms with Crippen molar-refractivity contribution in [2.75, 3.05) is 5.32 Å². The largest absolute Gasteiger partial charge is 0.481 e. The van der Waals surface area contributed by atoms with E-state index >= 15 is 0 Å². The van der Waals surface area contributed by atoms with Crippen LogP contribution in [-0.2, 0) is 11.2 Å². The standard InChI is InChI=1S/C23H21ClN2O3/c1-15(23(28)26-20-10-7-17(8-11-20)22(25)27)29-21-12-9-19(24)14-18(21)13-16-5-3-2-4-6-16/h2-12,14-15H,13H2,1H3,(H2,25,27)(H,26,28)/t15-/m1/s1. The highest BCUT2D eigenvalue weighted by Gasteiger charge is 2.17. The van der Waals surface area contributed by atoms with Crippen LogP contribution in [0.3, 0.4) is 0 Å². The molecule has 6 heteroatoms. The molecule has 0 aliphatic carbocycles. The van der Waals surface area contributed by atoms with Gasteiger partial charge in [-0.3, -0.25) is 9.59 Å². The molecule has 3 aromatic carbocycles. The minimum Gasteiger partial charge on any atom is -0.481 e. The lowest BCUT2D eigenvalue weighted by atomic mass is 10.0. The Morgan fingerprint density at radius 2 is 1.72 bits per heavy atom. The van der Waals surface area contributed by atoms with Gasteiger partial charge in [-0.15, -0.1) is 0 Å². The summed E-state index contributed by atoms with van der Waals surface area (Å²) in [4.78, 5) is 23.7. The van der Waals surface area contributed by atoms with Gasteiger partial charge in [-0.05, 0) is 55.0 Å². The van der Waals surface area contributed by atoms with Crippen molar-refractivity contribution in [3.05, 3.63) is 94.5 Å². The zero-order chi connectivity index (χ0) is 20.8. The number of hydrogen-bond acceptors (Lipinski definition) is 3. The van der Waals surface area contributed by atoms with Gasteiger partial charge in [-0.1, -0.05) is 41.9 Å². The van der Waals surface area contributed by atoms with Gasteiger partial charge in [0.1, 0.15) is 5.75 Å². The van der Waals surface area contributed by atoms with Gasteiger partial charge in [0.25, 0.3) is 5.91 Å². The van der Waals surface area contributed by atoms with Gasteiger partial charge in [-0.25, -0.2) is 0 Å². The smallest absolute Gasteiger partial charge is 0.265 e. The average molecular weight is 409 g/mol. The summed E-state index contributed by atoms with van der Waals surface area (Å²) in [7, 11) is 0. The van der Waals surface area contributed by atoms with Gasteiger partial charge < -0.3 is 15.8 Å². The molecule has 0 aliphatic rings. The Kier molecular flexibility index (Phi) is 6.52. The van der Waals surface area contributed by atoms with Crippen molar-refractivity contribution in [3.8, 4) is 5.75 Å². The van der Waals surface area contributed by atoms with Gasteiger partial charge in [0, 0.05) is 28.3 Å². The van der Waals surface area contributed by atoms with E-state index in [0.29, 0.717) is 28.4 Å². The van der Waals surface area contributed by atoms with Crippen molar-refractivity contribution < 1.29 is 14.3 Å². The second kappa shape index (κ2) is 9.26. The quantitative estimate of drug-likeness (QED) is 0.606. The second-order valence-electron chi connectivity index (χ2n) is 6.61. The number of hydrogen-bond donors (Lipinski definition) is 2. The molecule has 0 saturated carbocycles. The third-order valence-electron chi connectivity index (χ3n) is 4.37. The van der Waals surface area contributed by atoms with Crippen LogP contribution in [0.15, 0.2) is 72.8 Å². The Bertz CT molecular complexity index is 1000.